The highest BCUT2D eigenvalue weighted by molar-refractivity contribution is 5.80. The minimum Gasteiger partial charge on any atom is -0.352 e. The summed E-state index contributed by atoms with van der Waals surface area (Å²) in [6.45, 7) is 5.04. The highest BCUT2D eigenvalue weighted by Gasteiger charge is 2.39. The molecular formula is C14H26N2O. The van der Waals surface area contributed by atoms with Crippen LogP contribution in [-0.4, -0.2) is 18.5 Å². The highest BCUT2D eigenvalue weighted by Crippen LogP contribution is 2.41. The molecule has 3 heteroatoms. The van der Waals surface area contributed by atoms with Gasteiger partial charge in [0.15, 0.2) is 0 Å². The van der Waals surface area contributed by atoms with Gasteiger partial charge in [-0.1, -0.05) is 26.7 Å². The van der Waals surface area contributed by atoms with Gasteiger partial charge >= 0.3 is 0 Å². The summed E-state index contributed by atoms with van der Waals surface area (Å²) in [5.74, 6) is 1.08. The van der Waals surface area contributed by atoms with E-state index in [4.69, 9.17) is 5.73 Å². The zero-order chi connectivity index (χ0) is 12.5. The molecule has 3 nitrogen and oxygen atoms in total. The number of amides is 1. The molecule has 0 aromatic carbocycles. The number of nitrogens with two attached hydrogens (primary N) is 1. The largest absolute Gasteiger partial charge is 0.352 e. The predicted molar refractivity (Wildman–Crippen MR) is 69.4 cm³/mol. The molecule has 0 spiro atoms. The van der Waals surface area contributed by atoms with Crippen molar-refractivity contribution < 1.29 is 4.79 Å². The summed E-state index contributed by atoms with van der Waals surface area (Å²) in [5, 5.41) is 3.19. The molecule has 2 unspecified atom stereocenters. The quantitative estimate of drug-likeness (QED) is 0.787. The predicted octanol–water partition coefficient (Wildman–Crippen LogP) is 2.06. The van der Waals surface area contributed by atoms with Crippen LogP contribution in [-0.2, 0) is 4.79 Å². The first-order valence-electron chi connectivity index (χ1n) is 7.05. The summed E-state index contributed by atoms with van der Waals surface area (Å²) in [6, 6.07) is 0.222. The molecule has 2 saturated carbocycles. The Bertz CT molecular complexity index is 284. The van der Waals surface area contributed by atoms with Gasteiger partial charge in [-0.2, -0.15) is 0 Å². The van der Waals surface area contributed by atoms with E-state index >= 15 is 0 Å². The van der Waals surface area contributed by atoms with E-state index in [-0.39, 0.29) is 23.3 Å². The van der Waals surface area contributed by atoms with E-state index in [2.05, 4.69) is 19.2 Å². The first-order valence-corrected chi connectivity index (χ1v) is 7.05. The molecule has 0 bridgehead atoms. The van der Waals surface area contributed by atoms with Gasteiger partial charge in [0.1, 0.15) is 0 Å². The maximum Gasteiger partial charge on any atom is 0.223 e. The third-order valence-corrected chi connectivity index (χ3v) is 4.60. The standard InChI is InChI=1S/C14H26N2O/c1-14(2)8-4-3-5-11(14)13(17)16-12(9-15)10-6-7-10/h10-12H,3-9,15H2,1-2H3,(H,16,17). The molecule has 0 aliphatic heterocycles. The molecule has 98 valence electrons. The number of carbonyl (C=O) groups is 1. The molecule has 0 aromatic heterocycles. The van der Waals surface area contributed by atoms with Crippen molar-refractivity contribution in [2.45, 2.75) is 58.4 Å². The average molecular weight is 238 g/mol. The first kappa shape index (κ1) is 12.9. The fourth-order valence-corrected chi connectivity index (χ4v) is 3.13. The number of nitrogens with one attached hydrogen (secondary N) is 1. The summed E-state index contributed by atoms with van der Waals surface area (Å²) in [5.41, 5.74) is 5.90. The van der Waals surface area contributed by atoms with Crippen LogP contribution in [0.25, 0.3) is 0 Å². The van der Waals surface area contributed by atoms with E-state index in [9.17, 15) is 4.79 Å². The molecular weight excluding hydrogens is 212 g/mol. The molecule has 2 aliphatic carbocycles. The van der Waals surface area contributed by atoms with Gasteiger partial charge in [-0.3, -0.25) is 4.79 Å². The van der Waals surface area contributed by atoms with Crippen molar-refractivity contribution in [3.05, 3.63) is 0 Å². The number of carbonyl (C=O) groups excluding carboxylic acids is 1. The highest BCUT2D eigenvalue weighted by atomic mass is 16.2. The number of hydrogen-bond donors (Lipinski definition) is 2. The van der Waals surface area contributed by atoms with Crippen LogP contribution in [0, 0.1) is 17.3 Å². The molecule has 1 amide bonds. The number of hydrogen-bond acceptors (Lipinski definition) is 2. The monoisotopic (exact) mass is 238 g/mol. The van der Waals surface area contributed by atoms with Gasteiger partial charge < -0.3 is 11.1 Å². The molecule has 0 radical (unpaired) electrons. The fourth-order valence-electron chi connectivity index (χ4n) is 3.13. The summed E-state index contributed by atoms with van der Waals surface area (Å²) in [6.07, 6.45) is 7.13. The summed E-state index contributed by atoms with van der Waals surface area (Å²) in [4.78, 5) is 12.3. The van der Waals surface area contributed by atoms with Gasteiger partial charge in [-0.05, 0) is 37.0 Å². The van der Waals surface area contributed by atoms with Crippen molar-refractivity contribution in [3.8, 4) is 0 Å². The van der Waals surface area contributed by atoms with Crippen molar-refractivity contribution >= 4 is 5.91 Å². The Balaban J connectivity index is 1.93. The van der Waals surface area contributed by atoms with Gasteiger partial charge in [0.2, 0.25) is 5.91 Å². The van der Waals surface area contributed by atoms with Gasteiger partial charge in [0, 0.05) is 18.5 Å². The topological polar surface area (TPSA) is 55.1 Å². The van der Waals surface area contributed by atoms with E-state index in [0.29, 0.717) is 12.5 Å². The molecule has 0 aromatic rings. The second kappa shape index (κ2) is 4.97. The van der Waals surface area contributed by atoms with E-state index in [1.54, 1.807) is 0 Å². The van der Waals surface area contributed by atoms with E-state index in [1.165, 1.54) is 32.1 Å². The zero-order valence-corrected chi connectivity index (χ0v) is 11.2. The smallest absolute Gasteiger partial charge is 0.223 e. The normalized spacial score (nSPS) is 29.7. The SMILES string of the molecule is CC1(C)CCCCC1C(=O)NC(CN)C1CC1. The second-order valence-corrected chi connectivity index (χ2v) is 6.48. The van der Waals surface area contributed by atoms with Crippen LogP contribution in [0.2, 0.25) is 0 Å². The van der Waals surface area contributed by atoms with Gasteiger partial charge in [-0.25, -0.2) is 0 Å². The van der Waals surface area contributed by atoms with Crippen molar-refractivity contribution in [1.29, 1.82) is 0 Å². The molecule has 3 N–H and O–H groups in total. The molecule has 0 saturated heterocycles. The third kappa shape index (κ3) is 3.01. The van der Waals surface area contributed by atoms with Gasteiger partial charge in [0.05, 0.1) is 0 Å². The minimum absolute atomic E-state index is 0.158. The van der Waals surface area contributed by atoms with Crippen molar-refractivity contribution in [2.24, 2.45) is 23.0 Å². The first-order chi connectivity index (χ1) is 8.04. The number of rotatable bonds is 4. The Labute approximate surface area is 105 Å². The summed E-state index contributed by atoms with van der Waals surface area (Å²) < 4.78 is 0. The Morgan fingerprint density at radius 3 is 2.59 bits per heavy atom. The zero-order valence-electron chi connectivity index (χ0n) is 11.2. The van der Waals surface area contributed by atoms with E-state index in [1.807, 2.05) is 0 Å². The molecule has 0 heterocycles. The second-order valence-electron chi connectivity index (χ2n) is 6.48. The summed E-state index contributed by atoms with van der Waals surface area (Å²) >= 11 is 0. The third-order valence-electron chi connectivity index (χ3n) is 4.60. The Hall–Kier alpha value is -0.570. The molecule has 2 aliphatic rings. The van der Waals surface area contributed by atoms with Crippen LogP contribution in [0.3, 0.4) is 0 Å². The molecule has 2 atom stereocenters. The van der Waals surface area contributed by atoms with Gasteiger partial charge in [-0.15, -0.1) is 0 Å². The Morgan fingerprint density at radius 2 is 2.06 bits per heavy atom. The minimum atomic E-state index is 0.158. The van der Waals surface area contributed by atoms with Crippen LogP contribution < -0.4 is 11.1 Å². The lowest BCUT2D eigenvalue weighted by atomic mass is 9.68. The fraction of sp³-hybridized carbons (Fsp3) is 0.929. The van der Waals surface area contributed by atoms with Crippen LogP contribution in [0.4, 0.5) is 0 Å². The lowest BCUT2D eigenvalue weighted by Gasteiger charge is -2.38. The van der Waals surface area contributed by atoms with E-state index < -0.39 is 0 Å². The van der Waals surface area contributed by atoms with Crippen molar-refractivity contribution in [1.82, 2.24) is 5.32 Å². The van der Waals surface area contributed by atoms with Crippen molar-refractivity contribution in [3.63, 3.8) is 0 Å². The average Bonchev–Trinajstić information content (AvgIpc) is 3.08. The maximum absolute atomic E-state index is 12.3. The lowest BCUT2D eigenvalue weighted by molar-refractivity contribution is -0.131. The van der Waals surface area contributed by atoms with Crippen LogP contribution >= 0.6 is 0 Å². The molecule has 17 heavy (non-hydrogen) atoms. The molecule has 2 fully saturated rings. The van der Waals surface area contributed by atoms with Crippen LogP contribution in [0.1, 0.15) is 52.4 Å². The van der Waals surface area contributed by atoms with Gasteiger partial charge in [0.25, 0.3) is 0 Å². The van der Waals surface area contributed by atoms with Crippen molar-refractivity contribution in [2.75, 3.05) is 6.54 Å². The Kier molecular flexibility index (Phi) is 3.76. The van der Waals surface area contributed by atoms with E-state index in [0.717, 1.165) is 6.42 Å². The lowest BCUT2D eigenvalue weighted by Crippen LogP contribution is -2.48. The molecule has 2 rings (SSSR count). The van der Waals surface area contributed by atoms with Crippen LogP contribution in [0.5, 0.6) is 0 Å². The maximum atomic E-state index is 12.3. The Morgan fingerprint density at radius 1 is 1.35 bits per heavy atom. The van der Waals surface area contributed by atoms with Crippen LogP contribution in [0.15, 0.2) is 0 Å². The summed E-state index contributed by atoms with van der Waals surface area (Å²) in [7, 11) is 0.